The van der Waals surface area contributed by atoms with Crippen LogP contribution in [0.25, 0.3) is 10.9 Å². The smallest absolute Gasteiger partial charge is 0.273 e. The SMILES string of the molecule is CNC(=O)[C@]12CCOC[C@H]1CN(C(=O)c1nccc3[nH]ccc13)C2. The molecule has 2 N–H and O–H groups in total. The standard InChI is InChI=1S/C17H20N4O3/c1-18-16(23)17-4-7-24-9-11(17)8-21(10-17)15(22)14-12-2-5-19-13(12)3-6-20-14/h2-3,5-6,11,19H,4,7-10H2,1H3,(H,18,23)/t11-,17+/m1/s1. The summed E-state index contributed by atoms with van der Waals surface area (Å²) in [6, 6.07) is 3.70. The third kappa shape index (κ3) is 2.11. The van der Waals surface area contributed by atoms with E-state index in [0.29, 0.717) is 38.4 Å². The van der Waals surface area contributed by atoms with Crippen molar-refractivity contribution in [2.75, 3.05) is 33.4 Å². The monoisotopic (exact) mass is 328 g/mol. The second-order valence-corrected chi connectivity index (χ2v) is 6.54. The third-order valence-electron chi connectivity index (χ3n) is 5.35. The average Bonchev–Trinajstić information content (AvgIpc) is 3.24. The number of nitrogens with zero attached hydrogens (tertiary/aromatic N) is 2. The highest BCUT2D eigenvalue weighted by Gasteiger charge is 2.54. The number of nitrogens with one attached hydrogen (secondary N) is 2. The van der Waals surface area contributed by atoms with Crippen LogP contribution in [0.5, 0.6) is 0 Å². The van der Waals surface area contributed by atoms with Crippen LogP contribution in [0.4, 0.5) is 0 Å². The van der Waals surface area contributed by atoms with Gasteiger partial charge >= 0.3 is 0 Å². The number of hydrogen-bond donors (Lipinski definition) is 2. The van der Waals surface area contributed by atoms with E-state index in [1.54, 1.807) is 24.3 Å². The third-order valence-corrected chi connectivity index (χ3v) is 5.35. The molecule has 126 valence electrons. The number of H-pyrrole nitrogens is 1. The van der Waals surface area contributed by atoms with Crippen LogP contribution in [0.15, 0.2) is 24.5 Å². The number of rotatable bonds is 2. The van der Waals surface area contributed by atoms with Crippen molar-refractivity contribution in [1.29, 1.82) is 0 Å². The molecule has 0 aliphatic carbocycles. The van der Waals surface area contributed by atoms with Gasteiger partial charge in [0, 0.05) is 56.0 Å². The predicted octanol–water partition coefficient (Wildman–Crippen LogP) is 0.788. The van der Waals surface area contributed by atoms with Crippen molar-refractivity contribution < 1.29 is 14.3 Å². The first-order valence-corrected chi connectivity index (χ1v) is 8.17. The van der Waals surface area contributed by atoms with Gasteiger partial charge in [-0.05, 0) is 18.6 Å². The molecule has 0 saturated carbocycles. The lowest BCUT2D eigenvalue weighted by atomic mass is 9.73. The molecule has 2 atom stereocenters. The zero-order valence-corrected chi connectivity index (χ0v) is 13.5. The molecule has 7 heteroatoms. The molecule has 2 fully saturated rings. The highest BCUT2D eigenvalue weighted by Crippen LogP contribution is 2.42. The van der Waals surface area contributed by atoms with Gasteiger partial charge < -0.3 is 19.9 Å². The van der Waals surface area contributed by atoms with Crippen LogP contribution >= 0.6 is 0 Å². The van der Waals surface area contributed by atoms with Gasteiger partial charge in [-0.25, -0.2) is 0 Å². The van der Waals surface area contributed by atoms with Crippen LogP contribution in [0.1, 0.15) is 16.9 Å². The van der Waals surface area contributed by atoms with E-state index < -0.39 is 5.41 Å². The highest BCUT2D eigenvalue weighted by atomic mass is 16.5. The van der Waals surface area contributed by atoms with Crippen molar-refractivity contribution in [2.24, 2.45) is 11.3 Å². The normalized spacial score (nSPS) is 26.4. The minimum atomic E-state index is -0.547. The summed E-state index contributed by atoms with van der Waals surface area (Å²) in [5.74, 6) is -0.0997. The molecule has 0 spiro atoms. The Kier molecular flexibility index (Phi) is 3.53. The number of aromatic nitrogens is 2. The van der Waals surface area contributed by atoms with Crippen LogP contribution < -0.4 is 5.32 Å². The Hall–Kier alpha value is -2.41. The van der Waals surface area contributed by atoms with E-state index in [0.717, 1.165) is 10.9 Å². The number of amides is 2. The largest absolute Gasteiger partial charge is 0.381 e. The Morgan fingerprint density at radius 3 is 3.17 bits per heavy atom. The van der Waals surface area contributed by atoms with Crippen molar-refractivity contribution >= 4 is 22.7 Å². The lowest BCUT2D eigenvalue weighted by molar-refractivity contribution is -0.138. The summed E-state index contributed by atoms with van der Waals surface area (Å²) in [4.78, 5) is 34.7. The molecular weight excluding hydrogens is 308 g/mol. The van der Waals surface area contributed by atoms with Gasteiger partial charge in [0.05, 0.1) is 12.0 Å². The molecule has 0 radical (unpaired) electrons. The minimum absolute atomic E-state index is 0.00101. The number of ether oxygens (including phenoxy) is 1. The minimum Gasteiger partial charge on any atom is -0.381 e. The molecule has 0 unspecified atom stereocenters. The van der Waals surface area contributed by atoms with Gasteiger partial charge in [-0.1, -0.05) is 0 Å². The number of likely N-dealkylation sites (tertiary alicyclic amines) is 1. The Labute approximate surface area is 139 Å². The van der Waals surface area contributed by atoms with E-state index in [2.05, 4.69) is 15.3 Å². The van der Waals surface area contributed by atoms with Crippen LogP contribution in [0.2, 0.25) is 0 Å². The lowest BCUT2D eigenvalue weighted by Crippen LogP contribution is -2.49. The van der Waals surface area contributed by atoms with Gasteiger partial charge in [0.25, 0.3) is 5.91 Å². The molecule has 4 rings (SSSR count). The first-order valence-electron chi connectivity index (χ1n) is 8.17. The Bertz CT molecular complexity index is 802. The average molecular weight is 328 g/mol. The summed E-state index contributed by atoms with van der Waals surface area (Å²) in [6.07, 6.45) is 4.07. The number of carbonyl (C=O) groups is 2. The molecule has 24 heavy (non-hydrogen) atoms. The molecule has 0 aromatic carbocycles. The van der Waals surface area contributed by atoms with Crippen LogP contribution in [0.3, 0.4) is 0 Å². The van der Waals surface area contributed by atoms with E-state index in [-0.39, 0.29) is 17.7 Å². The zero-order valence-electron chi connectivity index (χ0n) is 13.5. The van der Waals surface area contributed by atoms with Crippen molar-refractivity contribution in [3.8, 4) is 0 Å². The van der Waals surface area contributed by atoms with E-state index in [9.17, 15) is 9.59 Å². The molecular formula is C17H20N4O3. The van der Waals surface area contributed by atoms with E-state index in [1.165, 1.54) is 0 Å². The Balaban J connectivity index is 1.67. The zero-order chi connectivity index (χ0) is 16.7. The number of hydrogen-bond acceptors (Lipinski definition) is 4. The van der Waals surface area contributed by atoms with Gasteiger partial charge in [0.2, 0.25) is 5.91 Å². The first kappa shape index (κ1) is 15.1. The quantitative estimate of drug-likeness (QED) is 0.853. The van der Waals surface area contributed by atoms with Gasteiger partial charge in [0.1, 0.15) is 5.69 Å². The predicted molar refractivity (Wildman–Crippen MR) is 87.4 cm³/mol. The summed E-state index contributed by atoms with van der Waals surface area (Å²) in [7, 11) is 1.65. The molecule has 2 aromatic heterocycles. The van der Waals surface area contributed by atoms with Crippen LogP contribution in [0, 0.1) is 11.3 Å². The molecule has 2 saturated heterocycles. The molecule has 0 bridgehead atoms. The fourth-order valence-electron chi connectivity index (χ4n) is 4.03. The van der Waals surface area contributed by atoms with Crippen LogP contribution in [-0.4, -0.2) is 60.0 Å². The second-order valence-electron chi connectivity index (χ2n) is 6.54. The Morgan fingerprint density at radius 1 is 1.46 bits per heavy atom. The summed E-state index contributed by atoms with van der Waals surface area (Å²) < 4.78 is 5.56. The van der Waals surface area contributed by atoms with Crippen molar-refractivity contribution in [1.82, 2.24) is 20.2 Å². The van der Waals surface area contributed by atoms with Gasteiger partial charge in [-0.3, -0.25) is 14.6 Å². The van der Waals surface area contributed by atoms with Crippen molar-refractivity contribution in [3.63, 3.8) is 0 Å². The summed E-state index contributed by atoms with van der Waals surface area (Å²) in [5, 5.41) is 3.58. The fourth-order valence-corrected chi connectivity index (χ4v) is 4.03. The van der Waals surface area contributed by atoms with Gasteiger partial charge in [0.15, 0.2) is 0 Å². The lowest BCUT2D eigenvalue weighted by Gasteiger charge is -2.36. The number of fused-ring (bicyclic) bond motifs is 2. The second kappa shape index (κ2) is 5.59. The maximum atomic E-state index is 13.0. The van der Waals surface area contributed by atoms with Gasteiger partial charge in [-0.15, -0.1) is 0 Å². The van der Waals surface area contributed by atoms with Crippen molar-refractivity contribution in [2.45, 2.75) is 6.42 Å². The van der Waals surface area contributed by atoms with Crippen LogP contribution in [-0.2, 0) is 9.53 Å². The van der Waals surface area contributed by atoms with Crippen molar-refractivity contribution in [3.05, 3.63) is 30.2 Å². The van der Waals surface area contributed by atoms with E-state index >= 15 is 0 Å². The molecule has 2 aliphatic heterocycles. The maximum absolute atomic E-state index is 13.0. The molecule has 2 aromatic rings. The molecule has 2 aliphatic rings. The number of aromatic amines is 1. The fraction of sp³-hybridized carbons (Fsp3) is 0.471. The first-order chi connectivity index (χ1) is 11.7. The maximum Gasteiger partial charge on any atom is 0.273 e. The summed E-state index contributed by atoms with van der Waals surface area (Å²) in [5.41, 5.74) is 0.768. The number of carbonyl (C=O) groups excluding carboxylic acids is 2. The van der Waals surface area contributed by atoms with Gasteiger partial charge in [-0.2, -0.15) is 0 Å². The summed E-state index contributed by atoms with van der Waals surface area (Å²) in [6.45, 7) is 2.01. The topological polar surface area (TPSA) is 87.3 Å². The summed E-state index contributed by atoms with van der Waals surface area (Å²) >= 11 is 0. The Morgan fingerprint density at radius 2 is 2.33 bits per heavy atom. The highest BCUT2D eigenvalue weighted by molar-refractivity contribution is 6.05. The van der Waals surface area contributed by atoms with E-state index in [1.807, 2.05) is 12.1 Å². The molecule has 7 nitrogen and oxygen atoms in total. The molecule has 2 amide bonds. The molecule has 4 heterocycles. The van der Waals surface area contributed by atoms with E-state index in [4.69, 9.17) is 4.74 Å². The number of pyridine rings is 1.